The van der Waals surface area contributed by atoms with E-state index in [2.05, 4.69) is 10.1 Å². The summed E-state index contributed by atoms with van der Waals surface area (Å²) in [6.07, 6.45) is 4.40. The zero-order valence-corrected chi connectivity index (χ0v) is 18.3. The number of carbonyl (C=O) groups is 2. The van der Waals surface area contributed by atoms with Crippen molar-refractivity contribution in [1.29, 1.82) is 0 Å². The van der Waals surface area contributed by atoms with Gasteiger partial charge in [-0.1, -0.05) is 0 Å². The maximum Gasteiger partial charge on any atom is 0.308 e. The Morgan fingerprint density at radius 1 is 1.16 bits per heavy atom. The number of likely N-dealkylation sites (tertiary alicyclic amines) is 1. The lowest BCUT2D eigenvalue weighted by molar-refractivity contribution is -0.146. The number of halogens is 1. The topological polar surface area (TPSA) is 95.8 Å². The molecule has 0 saturated carbocycles. The highest BCUT2D eigenvalue weighted by Gasteiger charge is 2.31. The third kappa shape index (κ3) is 4.45. The molecule has 9 nitrogen and oxygen atoms in total. The summed E-state index contributed by atoms with van der Waals surface area (Å²) in [6, 6.07) is 3.08. The monoisotopic (exact) mass is 446 g/mol. The number of aromatic nitrogens is 3. The van der Waals surface area contributed by atoms with E-state index < -0.39 is 5.82 Å². The zero-order chi connectivity index (χ0) is 22.7. The van der Waals surface area contributed by atoms with E-state index in [0.717, 1.165) is 25.5 Å². The van der Waals surface area contributed by atoms with Gasteiger partial charge in [0.2, 0.25) is 5.88 Å². The Labute approximate surface area is 185 Å². The third-order valence-corrected chi connectivity index (χ3v) is 6.02. The molecule has 1 atom stereocenters. The molecular formula is C22H27FN4O5. The lowest BCUT2D eigenvalue weighted by Gasteiger charge is -2.30. The van der Waals surface area contributed by atoms with Crippen molar-refractivity contribution in [3.63, 3.8) is 0 Å². The standard InChI is InChI=1S/C22H27FN4O5/c1-30-19-11-15(16(23)13-24-19)18-12-17(25-27(18)20-5-3-4-10-32-20)21(28)26-8-6-14(7-9-26)22(29)31-2/h11-14,20H,3-10H2,1-2H3. The quantitative estimate of drug-likeness (QED) is 0.652. The number of methoxy groups -OCH3 is 2. The molecule has 1 unspecified atom stereocenters. The molecule has 2 saturated heterocycles. The molecule has 32 heavy (non-hydrogen) atoms. The van der Waals surface area contributed by atoms with Crippen molar-refractivity contribution in [1.82, 2.24) is 19.7 Å². The first-order chi connectivity index (χ1) is 15.5. The first kappa shape index (κ1) is 22.2. The molecule has 2 aliphatic rings. The molecule has 0 aromatic carbocycles. The molecule has 4 rings (SSSR count). The predicted molar refractivity (Wildman–Crippen MR) is 111 cm³/mol. The van der Waals surface area contributed by atoms with Gasteiger partial charge in [-0.2, -0.15) is 5.10 Å². The smallest absolute Gasteiger partial charge is 0.308 e. The zero-order valence-electron chi connectivity index (χ0n) is 18.3. The van der Waals surface area contributed by atoms with Gasteiger partial charge >= 0.3 is 5.97 Å². The van der Waals surface area contributed by atoms with Crippen molar-refractivity contribution in [2.45, 2.75) is 38.3 Å². The minimum absolute atomic E-state index is 0.203. The van der Waals surface area contributed by atoms with Crippen LogP contribution in [-0.2, 0) is 14.3 Å². The van der Waals surface area contributed by atoms with Crippen LogP contribution in [0.5, 0.6) is 5.88 Å². The Morgan fingerprint density at radius 2 is 1.94 bits per heavy atom. The Morgan fingerprint density at radius 3 is 2.59 bits per heavy atom. The van der Waals surface area contributed by atoms with Crippen LogP contribution in [-0.4, -0.2) is 65.5 Å². The van der Waals surface area contributed by atoms with Crippen LogP contribution in [0.2, 0.25) is 0 Å². The second-order valence-electron chi connectivity index (χ2n) is 7.98. The van der Waals surface area contributed by atoms with Crippen molar-refractivity contribution >= 4 is 11.9 Å². The summed E-state index contributed by atoms with van der Waals surface area (Å²) in [4.78, 5) is 30.5. The highest BCUT2D eigenvalue weighted by Crippen LogP contribution is 2.32. The molecule has 0 bridgehead atoms. The predicted octanol–water partition coefficient (Wildman–Crippen LogP) is 2.82. The third-order valence-electron chi connectivity index (χ3n) is 6.02. The lowest BCUT2D eigenvalue weighted by atomic mass is 9.97. The number of esters is 1. The molecule has 0 spiro atoms. The summed E-state index contributed by atoms with van der Waals surface area (Å²) in [6.45, 7) is 1.44. The second-order valence-corrected chi connectivity index (χ2v) is 7.98. The Kier molecular flexibility index (Phi) is 6.69. The van der Waals surface area contributed by atoms with E-state index in [-0.39, 0.29) is 41.2 Å². The highest BCUT2D eigenvalue weighted by molar-refractivity contribution is 5.93. The van der Waals surface area contributed by atoms with Crippen LogP contribution in [0.3, 0.4) is 0 Å². The van der Waals surface area contributed by atoms with Gasteiger partial charge in [0, 0.05) is 31.3 Å². The van der Waals surface area contributed by atoms with Gasteiger partial charge in [0.25, 0.3) is 5.91 Å². The summed E-state index contributed by atoms with van der Waals surface area (Å²) >= 11 is 0. The fraction of sp³-hybridized carbons (Fsp3) is 0.545. The molecule has 1 amide bonds. The summed E-state index contributed by atoms with van der Waals surface area (Å²) in [5, 5.41) is 4.53. The Bertz CT molecular complexity index is 981. The van der Waals surface area contributed by atoms with Crippen molar-refractivity contribution in [2.75, 3.05) is 33.9 Å². The average Bonchev–Trinajstić information content (AvgIpc) is 3.29. The second kappa shape index (κ2) is 9.64. The minimum Gasteiger partial charge on any atom is -0.481 e. The van der Waals surface area contributed by atoms with Gasteiger partial charge in [0.15, 0.2) is 17.7 Å². The van der Waals surface area contributed by atoms with Crippen molar-refractivity contribution < 1.29 is 28.2 Å². The highest BCUT2D eigenvalue weighted by atomic mass is 19.1. The number of amides is 1. The van der Waals surface area contributed by atoms with Gasteiger partial charge in [-0.25, -0.2) is 14.1 Å². The molecule has 10 heteroatoms. The van der Waals surface area contributed by atoms with Crippen LogP contribution < -0.4 is 4.74 Å². The van der Waals surface area contributed by atoms with Crippen molar-refractivity contribution in [3.05, 3.63) is 29.8 Å². The van der Waals surface area contributed by atoms with Crippen LogP contribution in [0, 0.1) is 11.7 Å². The lowest BCUT2D eigenvalue weighted by Crippen LogP contribution is -2.40. The molecule has 2 aromatic heterocycles. The van der Waals surface area contributed by atoms with Gasteiger partial charge in [0.1, 0.15) is 0 Å². The largest absolute Gasteiger partial charge is 0.481 e. The van der Waals surface area contributed by atoms with Crippen LogP contribution in [0.15, 0.2) is 18.3 Å². The van der Waals surface area contributed by atoms with E-state index >= 15 is 0 Å². The molecule has 172 valence electrons. The summed E-state index contributed by atoms with van der Waals surface area (Å²) in [7, 11) is 2.83. The summed E-state index contributed by atoms with van der Waals surface area (Å²) in [5.41, 5.74) is 0.880. The van der Waals surface area contributed by atoms with Crippen LogP contribution in [0.1, 0.15) is 48.8 Å². The van der Waals surface area contributed by atoms with E-state index in [1.165, 1.54) is 20.3 Å². The number of carbonyl (C=O) groups excluding carboxylic acids is 2. The molecule has 2 fully saturated rings. The summed E-state index contributed by atoms with van der Waals surface area (Å²) in [5.74, 6) is -0.992. The first-order valence-corrected chi connectivity index (χ1v) is 10.8. The maximum absolute atomic E-state index is 14.7. The van der Waals surface area contributed by atoms with Gasteiger partial charge in [0.05, 0.1) is 32.0 Å². The normalized spacial score (nSPS) is 19.6. The molecule has 0 aliphatic carbocycles. The number of hydrogen-bond donors (Lipinski definition) is 0. The van der Waals surface area contributed by atoms with Gasteiger partial charge in [-0.3, -0.25) is 9.59 Å². The van der Waals surface area contributed by atoms with E-state index in [0.29, 0.717) is 38.2 Å². The molecule has 0 radical (unpaired) electrons. The Balaban J connectivity index is 1.64. The van der Waals surface area contributed by atoms with Crippen LogP contribution >= 0.6 is 0 Å². The molecule has 0 N–H and O–H groups in total. The SMILES string of the molecule is COC(=O)C1CCN(C(=O)c2cc(-c3cc(OC)ncc3F)n(C3CCCCO3)n2)CC1. The molecular weight excluding hydrogens is 419 g/mol. The number of piperidine rings is 1. The van der Waals surface area contributed by atoms with Crippen molar-refractivity contribution in [3.8, 4) is 17.1 Å². The Hall–Kier alpha value is -3.01. The van der Waals surface area contributed by atoms with Gasteiger partial charge in [-0.05, 0) is 38.2 Å². The maximum atomic E-state index is 14.7. The van der Waals surface area contributed by atoms with E-state index in [1.807, 2.05) is 0 Å². The minimum atomic E-state index is -0.541. The number of rotatable bonds is 5. The van der Waals surface area contributed by atoms with Crippen LogP contribution in [0.4, 0.5) is 4.39 Å². The van der Waals surface area contributed by atoms with Crippen LogP contribution in [0.25, 0.3) is 11.3 Å². The van der Waals surface area contributed by atoms with Crippen molar-refractivity contribution in [2.24, 2.45) is 5.92 Å². The molecule has 4 heterocycles. The summed E-state index contributed by atoms with van der Waals surface area (Å²) < 4.78 is 32.1. The van der Waals surface area contributed by atoms with Gasteiger partial charge < -0.3 is 19.1 Å². The fourth-order valence-electron chi connectivity index (χ4n) is 4.21. The number of nitrogens with zero attached hydrogens (tertiary/aromatic N) is 4. The average molecular weight is 446 g/mol. The fourth-order valence-corrected chi connectivity index (χ4v) is 4.21. The number of hydrogen-bond acceptors (Lipinski definition) is 7. The van der Waals surface area contributed by atoms with E-state index in [4.69, 9.17) is 14.2 Å². The molecule has 2 aromatic rings. The number of pyridine rings is 1. The molecule has 2 aliphatic heterocycles. The number of ether oxygens (including phenoxy) is 3. The van der Waals surface area contributed by atoms with Gasteiger partial charge in [-0.15, -0.1) is 0 Å². The van der Waals surface area contributed by atoms with E-state index in [9.17, 15) is 14.0 Å². The first-order valence-electron chi connectivity index (χ1n) is 10.8. The van der Waals surface area contributed by atoms with E-state index in [1.54, 1.807) is 15.6 Å².